The van der Waals surface area contributed by atoms with E-state index >= 15 is 0 Å². The van der Waals surface area contributed by atoms with E-state index in [4.69, 9.17) is 28.9 Å². The lowest BCUT2D eigenvalue weighted by Gasteiger charge is -1.97. The summed E-state index contributed by atoms with van der Waals surface area (Å²) in [5.74, 6) is 0. The smallest absolute Gasteiger partial charge is 0.0872 e. The summed E-state index contributed by atoms with van der Waals surface area (Å²) in [6.45, 7) is 0. The summed E-state index contributed by atoms with van der Waals surface area (Å²) in [5.41, 5.74) is 7.64. The Bertz CT molecular complexity index is 550. The number of nitrogen functional groups attached to an aromatic ring is 1. The molecule has 0 aliphatic carbocycles. The first-order valence-corrected chi connectivity index (χ1v) is 5.63. The molecule has 0 radical (unpaired) electrons. The standard InChI is InChI=1S/C12H9Cl2N3/c13-11-6-5-10(7-12(11)14)17-16-9-3-1-8(15)2-4-9/h1-7H,15H2/b17-16+. The van der Waals surface area contributed by atoms with Crippen LogP contribution in [0.5, 0.6) is 0 Å². The van der Waals surface area contributed by atoms with Crippen molar-refractivity contribution < 1.29 is 0 Å². The van der Waals surface area contributed by atoms with Crippen LogP contribution in [-0.4, -0.2) is 0 Å². The van der Waals surface area contributed by atoms with E-state index in [2.05, 4.69) is 10.2 Å². The van der Waals surface area contributed by atoms with E-state index in [0.717, 1.165) is 5.69 Å². The normalized spacial score (nSPS) is 10.9. The number of nitrogens with zero attached hydrogens (tertiary/aromatic N) is 2. The van der Waals surface area contributed by atoms with Gasteiger partial charge >= 0.3 is 0 Å². The fourth-order valence-electron chi connectivity index (χ4n) is 1.20. The van der Waals surface area contributed by atoms with Crippen molar-refractivity contribution in [2.45, 2.75) is 0 Å². The fraction of sp³-hybridized carbons (Fsp3) is 0. The molecule has 5 heteroatoms. The lowest BCUT2D eigenvalue weighted by Crippen LogP contribution is -1.80. The molecule has 2 aromatic rings. The first-order valence-electron chi connectivity index (χ1n) is 4.87. The molecule has 2 N–H and O–H groups in total. The van der Waals surface area contributed by atoms with Crippen molar-refractivity contribution in [2.24, 2.45) is 10.2 Å². The highest BCUT2D eigenvalue weighted by Gasteiger charge is 1.98. The number of hydrogen-bond donors (Lipinski definition) is 1. The van der Waals surface area contributed by atoms with Crippen LogP contribution < -0.4 is 5.73 Å². The van der Waals surface area contributed by atoms with Crippen LogP contribution in [0.25, 0.3) is 0 Å². The van der Waals surface area contributed by atoms with E-state index in [9.17, 15) is 0 Å². The molecular weight excluding hydrogens is 257 g/mol. The molecular formula is C12H9Cl2N3. The molecule has 0 saturated carbocycles. The zero-order valence-electron chi connectivity index (χ0n) is 8.77. The largest absolute Gasteiger partial charge is 0.399 e. The zero-order valence-corrected chi connectivity index (χ0v) is 10.3. The van der Waals surface area contributed by atoms with Crippen LogP contribution in [0.1, 0.15) is 0 Å². The third-order valence-electron chi connectivity index (χ3n) is 2.08. The van der Waals surface area contributed by atoms with Crippen LogP contribution in [0.4, 0.5) is 17.1 Å². The van der Waals surface area contributed by atoms with Crippen LogP contribution in [0.2, 0.25) is 10.0 Å². The van der Waals surface area contributed by atoms with E-state index in [-0.39, 0.29) is 0 Å². The summed E-state index contributed by atoms with van der Waals surface area (Å²) >= 11 is 11.7. The maximum Gasteiger partial charge on any atom is 0.0872 e. The molecule has 2 rings (SSSR count). The van der Waals surface area contributed by atoms with Gasteiger partial charge in [0, 0.05) is 5.69 Å². The van der Waals surface area contributed by atoms with Gasteiger partial charge in [-0.25, -0.2) is 0 Å². The number of anilines is 1. The number of rotatable bonds is 2. The van der Waals surface area contributed by atoms with Gasteiger partial charge in [0.2, 0.25) is 0 Å². The summed E-state index contributed by atoms with van der Waals surface area (Å²) in [7, 11) is 0. The Kier molecular flexibility index (Phi) is 3.61. The molecule has 86 valence electrons. The predicted molar refractivity (Wildman–Crippen MR) is 71.5 cm³/mol. The van der Waals surface area contributed by atoms with Gasteiger partial charge in [0.15, 0.2) is 0 Å². The molecule has 0 unspecified atom stereocenters. The number of halogens is 2. The Morgan fingerprint density at radius 3 is 2.00 bits per heavy atom. The number of hydrogen-bond acceptors (Lipinski definition) is 3. The molecule has 0 aliphatic rings. The molecule has 0 bridgehead atoms. The van der Waals surface area contributed by atoms with E-state index < -0.39 is 0 Å². The van der Waals surface area contributed by atoms with Crippen LogP contribution in [0.15, 0.2) is 52.7 Å². The molecule has 0 heterocycles. The van der Waals surface area contributed by atoms with Crippen molar-refractivity contribution in [3.63, 3.8) is 0 Å². The first kappa shape index (κ1) is 11.9. The minimum absolute atomic E-state index is 0.459. The molecule has 0 aromatic heterocycles. The highest BCUT2D eigenvalue weighted by atomic mass is 35.5. The number of benzene rings is 2. The predicted octanol–water partition coefficient (Wildman–Crippen LogP) is 4.99. The van der Waals surface area contributed by atoms with Crippen molar-refractivity contribution >= 4 is 40.3 Å². The molecule has 2 aromatic carbocycles. The van der Waals surface area contributed by atoms with Gasteiger partial charge in [-0.05, 0) is 42.5 Å². The van der Waals surface area contributed by atoms with Crippen molar-refractivity contribution in [3.8, 4) is 0 Å². The average molecular weight is 266 g/mol. The maximum atomic E-state index is 5.87. The van der Waals surface area contributed by atoms with Crippen molar-refractivity contribution in [1.82, 2.24) is 0 Å². The minimum Gasteiger partial charge on any atom is -0.399 e. The van der Waals surface area contributed by atoms with Crippen molar-refractivity contribution in [3.05, 3.63) is 52.5 Å². The summed E-state index contributed by atoms with van der Waals surface area (Å²) in [6, 6.07) is 12.2. The van der Waals surface area contributed by atoms with Crippen LogP contribution in [-0.2, 0) is 0 Å². The minimum atomic E-state index is 0.459. The Hall–Kier alpha value is -1.58. The van der Waals surface area contributed by atoms with Gasteiger partial charge in [-0.1, -0.05) is 23.2 Å². The SMILES string of the molecule is Nc1ccc(/N=N/c2ccc(Cl)c(Cl)c2)cc1. The second-order valence-corrected chi connectivity index (χ2v) is 4.20. The lowest BCUT2D eigenvalue weighted by atomic mass is 10.3. The Labute approximate surface area is 109 Å². The summed E-state index contributed by atoms with van der Waals surface area (Å²) in [5, 5.41) is 9.06. The molecule has 0 aliphatic heterocycles. The highest BCUT2D eigenvalue weighted by molar-refractivity contribution is 6.42. The van der Waals surface area contributed by atoms with E-state index in [0.29, 0.717) is 21.4 Å². The van der Waals surface area contributed by atoms with Gasteiger partial charge in [0.1, 0.15) is 0 Å². The Balaban J connectivity index is 2.20. The van der Waals surface area contributed by atoms with Crippen LogP contribution in [0, 0.1) is 0 Å². The highest BCUT2D eigenvalue weighted by Crippen LogP contribution is 2.27. The van der Waals surface area contributed by atoms with E-state index in [1.165, 1.54) is 0 Å². The van der Waals surface area contributed by atoms with Crippen molar-refractivity contribution in [1.29, 1.82) is 0 Å². The number of azo groups is 1. The number of nitrogens with two attached hydrogens (primary N) is 1. The second-order valence-electron chi connectivity index (χ2n) is 3.39. The van der Waals surface area contributed by atoms with E-state index in [1.807, 2.05) is 0 Å². The fourth-order valence-corrected chi connectivity index (χ4v) is 1.50. The van der Waals surface area contributed by atoms with Gasteiger partial charge in [-0.15, -0.1) is 0 Å². The topological polar surface area (TPSA) is 50.7 Å². The van der Waals surface area contributed by atoms with Crippen molar-refractivity contribution in [2.75, 3.05) is 5.73 Å². The van der Waals surface area contributed by atoms with Gasteiger partial charge in [0.05, 0.1) is 21.4 Å². The van der Waals surface area contributed by atoms with Crippen LogP contribution >= 0.6 is 23.2 Å². The van der Waals surface area contributed by atoms with E-state index in [1.54, 1.807) is 42.5 Å². The van der Waals surface area contributed by atoms with Crippen LogP contribution in [0.3, 0.4) is 0 Å². The monoisotopic (exact) mass is 265 g/mol. The van der Waals surface area contributed by atoms with Gasteiger partial charge in [0.25, 0.3) is 0 Å². The zero-order chi connectivity index (χ0) is 12.3. The molecule has 0 spiro atoms. The summed E-state index contributed by atoms with van der Waals surface area (Å²) < 4.78 is 0. The lowest BCUT2D eigenvalue weighted by molar-refractivity contribution is 1.23. The Morgan fingerprint density at radius 2 is 1.35 bits per heavy atom. The summed E-state index contributed by atoms with van der Waals surface area (Å²) in [6.07, 6.45) is 0. The van der Waals surface area contributed by atoms with Gasteiger partial charge in [-0.2, -0.15) is 10.2 Å². The van der Waals surface area contributed by atoms with Gasteiger partial charge in [-0.3, -0.25) is 0 Å². The molecule has 3 nitrogen and oxygen atoms in total. The second kappa shape index (κ2) is 5.17. The molecule has 0 atom stereocenters. The first-order chi connectivity index (χ1) is 8.15. The molecule has 17 heavy (non-hydrogen) atoms. The summed E-state index contributed by atoms with van der Waals surface area (Å²) in [4.78, 5) is 0. The maximum absolute atomic E-state index is 5.87. The van der Waals surface area contributed by atoms with Gasteiger partial charge < -0.3 is 5.73 Å². The third-order valence-corrected chi connectivity index (χ3v) is 2.82. The quantitative estimate of drug-likeness (QED) is 0.604. The average Bonchev–Trinajstić information content (AvgIpc) is 2.33. The molecule has 0 saturated heterocycles. The molecule has 0 fully saturated rings. The third kappa shape index (κ3) is 3.19. The molecule has 0 amide bonds. The Morgan fingerprint density at radius 1 is 0.765 bits per heavy atom.